The third kappa shape index (κ3) is 3.08. The molecule has 0 atom stereocenters. The first-order valence-electron chi connectivity index (χ1n) is 8.03. The molecule has 6 heteroatoms. The number of thioether (sulfide) groups is 1. The molecule has 1 aliphatic rings. The van der Waals surface area contributed by atoms with Crippen LogP contribution in [-0.2, 0) is 4.79 Å². The molecule has 2 aromatic carbocycles. The van der Waals surface area contributed by atoms with Gasteiger partial charge in [0.1, 0.15) is 0 Å². The van der Waals surface area contributed by atoms with Gasteiger partial charge in [0.05, 0.1) is 24.8 Å². The van der Waals surface area contributed by atoms with Gasteiger partial charge in [0, 0.05) is 5.56 Å². The number of amides is 2. The summed E-state index contributed by atoms with van der Waals surface area (Å²) in [5.74, 6) is 0.752. The molecule has 0 N–H and O–H groups in total. The Kier molecular flexibility index (Phi) is 5.04. The van der Waals surface area contributed by atoms with E-state index in [2.05, 4.69) is 0 Å². The molecule has 3 rings (SSSR count). The molecule has 0 aliphatic carbocycles. The van der Waals surface area contributed by atoms with Gasteiger partial charge in [-0.3, -0.25) is 9.59 Å². The van der Waals surface area contributed by atoms with Crippen molar-refractivity contribution in [2.45, 2.75) is 13.8 Å². The van der Waals surface area contributed by atoms with Crippen LogP contribution in [0.15, 0.2) is 41.3 Å². The number of carbonyl (C=O) groups is 2. The highest BCUT2D eigenvalue weighted by molar-refractivity contribution is 8.19. The SMILES string of the molecule is COc1cccc(/C=C2\SC(=O)N(c3cccc(C)c3C)C2=O)c1OC. The predicted molar refractivity (Wildman–Crippen MR) is 104 cm³/mol. The number of carbonyl (C=O) groups excluding carboxylic acids is 2. The molecule has 134 valence electrons. The summed E-state index contributed by atoms with van der Waals surface area (Å²) >= 11 is 0.921. The van der Waals surface area contributed by atoms with Gasteiger partial charge in [-0.25, -0.2) is 4.90 Å². The Morgan fingerprint density at radius 3 is 2.42 bits per heavy atom. The Balaban J connectivity index is 2.02. The molecule has 1 saturated heterocycles. The monoisotopic (exact) mass is 369 g/mol. The highest BCUT2D eigenvalue weighted by Gasteiger charge is 2.37. The number of hydrogen-bond acceptors (Lipinski definition) is 5. The standard InChI is InChI=1S/C20H19NO4S/c1-12-7-5-9-15(13(12)2)21-19(22)17(26-20(21)23)11-14-8-6-10-16(24-3)18(14)25-4/h5-11H,1-4H3/b17-11-. The van der Waals surface area contributed by atoms with Crippen LogP contribution in [0.4, 0.5) is 10.5 Å². The molecular formula is C20H19NO4S. The molecule has 1 heterocycles. The number of imide groups is 1. The zero-order chi connectivity index (χ0) is 18.8. The van der Waals surface area contributed by atoms with E-state index in [0.29, 0.717) is 27.7 Å². The zero-order valence-corrected chi connectivity index (χ0v) is 15.8. The van der Waals surface area contributed by atoms with Gasteiger partial charge in [-0.15, -0.1) is 0 Å². The van der Waals surface area contributed by atoms with E-state index in [-0.39, 0.29) is 11.1 Å². The number of anilines is 1. The van der Waals surface area contributed by atoms with E-state index in [1.54, 1.807) is 25.3 Å². The second kappa shape index (κ2) is 7.25. The first-order chi connectivity index (χ1) is 12.5. The van der Waals surface area contributed by atoms with Crippen LogP contribution in [0, 0.1) is 13.8 Å². The van der Waals surface area contributed by atoms with E-state index in [1.807, 2.05) is 38.1 Å². The Morgan fingerprint density at radius 1 is 1.00 bits per heavy atom. The molecule has 5 nitrogen and oxygen atoms in total. The first kappa shape index (κ1) is 18.1. The van der Waals surface area contributed by atoms with Crippen molar-refractivity contribution in [3.8, 4) is 11.5 Å². The fourth-order valence-corrected chi connectivity index (χ4v) is 3.65. The van der Waals surface area contributed by atoms with E-state index < -0.39 is 0 Å². The summed E-state index contributed by atoms with van der Waals surface area (Å²) in [6.07, 6.45) is 1.66. The molecule has 1 fully saturated rings. The molecule has 2 amide bonds. The number of hydrogen-bond donors (Lipinski definition) is 0. The molecule has 0 spiro atoms. The van der Waals surface area contributed by atoms with Crippen LogP contribution < -0.4 is 14.4 Å². The van der Waals surface area contributed by atoms with Crippen molar-refractivity contribution in [1.29, 1.82) is 0 Å². The molecule has 1 aliphatic heterocycles. The van der Waals surface area contributed by atoms with E-state index in [0.717, 1.165) is 22.9 Å². The van der Waals surface area contributed by atoms with Crippen LogP contribution in [0.25, 0.3) is 6.08 Å². The third-order valence-corrected chi connectivity index (χ3v) is 5.20. The fourth-order valence-electron chi connectivity index (χ4n) is 2.82. The highest BCUT2D eigenvalue weighted by atomic mass is 32.2. The second-order valence-corrected chi connectivity index (χ2v) is 6.81. The molecule has 0 bridgehead atoms. The summed E-state index contributed by atoms with van der Waals surface area (Å²) < 4.78 is 10.7. The number of nitrogens with zero attached hydrogens (tertiary/aromatic N) is 1. The minimum Gasteiger partial charge on any atom is -0.493 e. The van der Waals surface area contributed by atoms with Crippen molar-refractivity contribution in [3.63, 3.8) is 0 Å². The van der Waals surface area contributed by atoms with Gasteiger partial charge in [0.15, 0.2) is 11.5 Å². The number of methoxy groups -OCH3 is 2. The molecule has 0 unspecified atom stereocenters. The quantitative estimate of drug-likeness (QED) is 0.740. The Morgan fingerprint density at radius 2 is 1.73 bits per heavy atom. The number of ether oxygens (including phenoxy) is 2. The van der Waals surface area contributed by atoms with Crippen LogP contribution in [0.2, 0.25) is 0 Å². The maximum Gasteiger partial charge on any atom is 0.298 e. The predicted octanol–water partition coefficient (Wildman–Crippen LogP) is 4.56. The lowest BCUT2D eigenvalue weighted by Gasteiger charge is -2.16. The third-order valence-electron chi connectivity index (χ3n) is 4.33. The van der Waals surface area contributed by atoms with E-state index in [4.69, 9.17) is 9.47 Å². The van der Waals surface area contributed by atoms with Crippen molar-refractivity contribution in [2.24, 2.45) is 0 Å². The summed E-state index contributed by atoms with van der Waals surface area (Å²) in [6.45, 7) is 3.86. The van der Waals surface area contributed by atoms with Crippen LogP contribution in [0.3, 0.4) is 0 Å². The Hall–Kier alpha value is -2.73. The first-order valence-corrected chi connectivity index (χ1v) is 8.84. The molecule has 2 aromatic rings. The van der Waals surface area contributed by atoms with Crippen LogP contribution >= 0.6 is 11.8 Å². The highest BCUT2D eigenvalue weighted by Crippen LogP contribution is 2.39. The van der Waals surface area contributed by atoms with Gasteiger partial charge in [0.25, 0.3) is 11.1 Å². The topological polar surface area (TPSA) is 55.8 Å². The normalized spacial score (nSPS) is 15.7. The molecule has 0 saturated carbocycles. The van der Waals surface area contributed by atoms with Crippen molar-refractivity contribution in [2.75, 3.05) is 19.1 Å². The molecular weight excluding hydrogens is 350 g/mol. The lowest BCUT2D eigenvalue weighted by Crippen LogP contribution is -2.28. The average molecular weight is 369 g/mol. The Labute approximate surface area is 156 Å². The second-order valence-electron chi connectivity index (χ2n) is 5.82. The van der Waals surface area contributed by atoms with Gasteiger partial charge in [-0.05, 0) is 54.9 Å². The van der Waals surface area contributed by atoms with Crippen molar-refractivity contribution in [3.05, 3.63) is 58.0 Å². The van der Waals surface area contributed by atoms with E-state index in [1.165, 1.54) is 12.0 Å². The summed E-state index contributed by atoms with van der Waals surface area (Å²) in [5.41, 5.74) is 3.24. The minimum atomic E-state index is -0.335. The van der Waals surface area contributed by atoms with E-state index >= 15 is 0 Å². The van der Waals surface area contributed by atoms with Crippen LogP contribution in [-0.4, -0.2) is 25.4 Å². The van der Waals surface area contributed by atoms with Crippen molar-refractivity contribution >= 4 is 34.7 Å². The largest absolute Gasteiger partial charge is 0.493 e. The summed E-state index contributed by atoms with van der Waals surface area (Å²) in [4.78, 5) is 27.0. The van der Waals surface area contributed by atoms with Gasteiger partial charge in [-0.2, -0.15) is 0 Å². The van der Waals surface area contributed by atoms with Gasteiger partial charge in [-0.1, -0.05) is 24.3 Å². The summed E-state index contributed by atoms with van der Waals surface area (Å²) in [6, 6.07) is 11.0. The molecule has 26 heavy (non-hydrogen) atoms. The summed E-state index contributed by atoms with van der Waals surface area (Å²) in [7, 11) is 3.09. The number of aryl methyl sites for hydroxylation is 1. The van der Waals surface area contributed by atoms with Crippen molar-refractivity contribution in [1.82, 2.24) is 0 Å². The van der Waals surface area contributed by atoms with Gasteiger partial charge >= 0.3 is 0 Å². The fraction of sp³-hybridized carbons (Fsp3) is 0.200. The van der Waals surface area contributed by atoms with Gasteiger partial charge < -0.3 is 9.47 Å². The maximum absolute atomic E-state index is 12.9. The Bertz CT molecular complexity index is 920. The average Bonchev–Trinajstić information content (AvgIpc) is 2.91. The zero-order valence-electron chi connectivity index (χ0n) is 15.0. The lowest BCUT2D eigenvalue weighted by molar-refractivity contribution is -0.113. The molecule has 0 radical (unpaired) electrons. The number of para-hydroxylation sites is 1. The van der Waals surface area contributed by atoms with Crippen molar-refractivity contribution < 1.29 is 19.1 Å². The lowest BCUT2D eigenvalue weighted by atomic mass is 10.1. The molecule has 0 aromatic heterocycles. The van der Waals surface area contributed by atoms with Crippen LogP contribution in [0.5, 0.6) is 11.5 Å². The van der Waals surface area contributed by atoms with Gasteiger partial charge in [0.2, 0.25) is 0 Å². The maximum atomic E-state index is 12.9. The number of rotatable bonds is 4. The number of benzene rings is 2. The smallest absolute Gasteiger partial charge is 0.298 e. The summed E-state index contributed by atoms with van der Waals surface area (Å²) in [5, 5.41) is -0.309. The van der Waals surface area contributed by atoms with Crippen LogP contribution in [0.1, 0.15) is 16.7 Å². The minimum absolute atomic E-state index is 0.309. The van der Waals surface area contributed by atoms with E-state index in [9.17, 15) is 9.59 Å².